The molecule has 2 nitrogen and oxygen atoms in total. The van der Waals surface area contributed by atoms with Crippen molar-refractivity contribution in [1.29, 1.82) is 0 Å². The van der Waals surface area contributed by atoms with E-state index in [9.17, 15) is 5.11 Å². The van der Waals surface area contributed by atoms with Gasteiger partial charge in [0.15, 0.2) is 0 Å². The van der Waals surface area contributed by atoms with Crippen LogP contribution in [0, 0.1) is 17.8 Å². The lowest BCUT2D eigenvalue weighted by Crippen LogP contribution is -2.39. The number of aliphatic hydroxyl groups is 1. The summed E-state index contributed by atoms with van der Waals surface area (Å²) in [7, 11) is 0. The van der Waals surface area contributed by atoms with Crippen LogP contribution >= 0.6 is 0 Å². The van der Waals surface area contributed by atoms with Crippen LogP contribution in [0.15, 0.2) is 0 Å². The minimum atomic E-state index is -0.169. The summed E-state index contributed by atoms with van der Waals surface area (Å²) < 4.78 is 0. The van der Waals surface area contributed by atoms with Gasteiger partial charge in [-0.2, -0.15) is 0 Å². The molecule has 0 heterocycles. The third-order valence-corrected chi connectivity index (χ3v) is 4.10. The van der Waals surface area contributed by atoms with Gasteiger partial charge in [0.2, 0.25) is 0 Å². The Hall–Kier alpha value is -0.0800. The molecule has 0 aromatic rings. The SMILES string of the molecule is CC(C)CC(O)CNC1CCC(C(C)C)CC1. The van der Waals surface area contributed by atoms with Gasteiger partial charge in [0.1, 0.15) is 0 Å². The van der Waals surface area contributed by atoms with E-state index < -0.39 is 0 Å². The molecule has 1 rings (SSSR count). The summed E-state index contributed by atoms with van der Waals surface area (Å²) in [5.41, 5.74) is 0. The van der Waals surface area contributed by atoms with Crippen LogP contribution in [0.3, 0.4) is 0 Å². The summed E-state index contributed by atoms with van der Waals surface area (Å²) in [6, 6.07) is 0.645. The predicted octanol–water partition coefficient (Wildman–Crippen LogP) is 3.20. The lowest BCUT2D eigenvalue weighted by Gasteiger charge is -2.32. The standard InChI is InChI=1S/C15H31NO/c1-11(2)9-15(17)10-16-14-7-5-13(6-8-14)12(3)4/h11-17H,5-10H2,1-4H3. The molecule has 0 radical (unpaired) electrons. The van der Waals surface area contributed by atoms with E-state index in [0.29, 0.717) is 12.0 Å². The van der Waals surface area contributed by atoms with Crippen LogP contribution in [-0.4, -0.2) is 23.8 Å². The molecule has 1 aliphatic carbocycles. The normalized spacial score (nSPS) is 27.7. The lowest BCUT2D eigenvalue weighted by molar-refractivity contribution is 0.135. The first kappa shape index (κ1) is 15.0. The zero-order chi connectivity index (χ0) is 12.8. The summed E-state index contributed by atoms with van der Waals surface area (Å²) in [6.45, 7) is 9.78. The summed E-state index contributed by atoms with van der Waals surface area (Å²) in [5, 5.41) is 13.4. The smallest absolute Gasteiger partial charge is 0.0667 e. The predicted molar refractivity (Wildman–Crippen MR) is 74.0 cm³/mol. The minimum absolute atomic E-state index is 0.169. The number of hydrogen-bond donors (Lipinski definition) is 2. The van der Waals surface area contributed by atoms with Gasteiger partial charge in [-0.1, -0.05) is 27.7 Å². The van der Waals surface area contributed by atoms with E-state index >= 15 is 0 Å². The van der Waals surface area contributed by atoms with Crippen molar-refractivity contribution >= 4 is 0 Å². The second kappa shape index (κ2) is 7.38. The average molecular weight is 241 g/mol. The third-order valence-electron chi connectivity index (χ3n) is 4.10. The first-order chi connectivity index (χ1) is 7.99. The highest BCUT2D eigenvalue weighted by molar-refractivity contribution is 4.79. The van der Waals surface area contributed by atoms with Crippen molar-refractivity contribution < 1.29 is 5.11 Å². The topological polar surface area (TPSA) is 32.3 Å². The van der Waals surface area contributed by atoms with Crippen LogP contribution in [0.4, 0.5) is 0 Å². The van der Waals surface area contributed by atoms with Gasteiger partial charge < -0.3 is 10.4 Å². The molecule has 2 N–H and O–H groups in total. The second-order valence-electron chi connectivity index (χ2n) is 6.55. The maximum atomic E-state index is 9.83. The van der Waals surface area contributed by atoms with E-state index in [2.05, 4.69) is 33.0 Å². The molecule has 0 aromatic heterocycles. The molecule has 0 amide bonds. The quantitative estimate of drug-likeness (QED) is 0.748. The first-order valence-corrected chi connectivity index (χ1v) is 7.40. The fourth-order valence-corrected chi connectivity index (χ4v) is 2.92. The Morgan fingerprint density at radius 3 is 2.12 bits per heavy atom. The summed E-state index contributed by atoms with van der Waals surface area (Å²) in [4.78, 5) is 0. The maximum Gasteiger partial charge on any atom is 0.0667 e. The highest BCUT2D eigenvalue weighted by Crippen LogP contribution is 2.29. The van der Waals surface area contributed by atoms with Gasteiger partial charge in [-0.25, -0.2) is 0 Å². The summed E-state index contributed by atoms with van der Waals surface area (Å²) in [6.07, 6.45) is 6.03. The van der Waals surface area contributed by atoms with Gasteiger partial charge in [-0.05, 0) is 49.9 Å². The second-order valence-corrected chi connectivity index (χ2v) is 6.55. The Morgan fingerprint density at radius 1 is 1.06 bits per heavy atom. The van der Waals surface area contributed by atoms with Crippen molar-refractivity contribution in [3.05, 3.63) is 0 Å². The molecule has 102 valence electrons. The number of nitrogens with one attached hydrogen (secondary N) is 1. The molecule has 2 heteroatoms. The monoisotopic (exact) mass is 241 g/mol. The molecule has 0 aliphatic heterocycles. The molecule has 1 atom stereocenters. The number of aliphatic hydroxyl groups excluding tert-OH is 1. The van der Waals surface area contributed by atoms with Crippen LogP contribution in [0.2, 0.25) is 0 Å². The van der Waals surface area contributed by atoms with Gasteiger partial charge in [-0.3, -0.25) is 0 Å². The van der Waals surface area contributed by atoms with Crippen molar-refractivity contribution in [3.63, 3.8) is 0 Å². The Kier molecular flexibility index (Phi) is 6.50. The van der Waals surface area contributed by atoms with Crippen LogP contribution < -0.4 is 5.32 Å². The van der Waals surface area contributed by atoms with Crippen LogP contribution in [0.25, 0.3) is 0 Å². The van der Waals surface area contributed by atoms with Gasteiger partial charge in [0.05, 0.1) is 6.10 Å². The first-order valence-electron chi connectivity index (χ1n) is 7.40. The van der Waals surface area contributed by atoms with Gasteiger partial charge in [0.25, 0.3) is 0 Å². The largest absolute Gasteiger partial charge is 0.392 e. The molecule has 0 bridgehead atoms. The van der Waals surface area contributed by atoms with Crippen molar-refractivity contribution in [2.45, 2.75) is 71.9 Å². The van der Waals surface area contributed by atoms with Crippen LogP contribution in [0.5, 0.6) is 0 Å². The Bertz CT molecular complexity index is 195. The van der Waals surface area contributed by atoms with Crippen molar-refractivity contribution in [1.82, 2.24) is 5.32 Å². The average Bonchev–Trinajstić information content (AvgIpc) is 2.26. The fraction of sp³-hybridized carbons (Fsp3) is 1.00. The highest BCUT2D eigenvalue weighted by Gasteiger charge is 2.23. The molecule has 1 saturated carbocycles. The maximum absolute atomic E-state index is 9.83. The van der Waals surface area contributed by atoms with Crippen molar-refractivity contribution in [3.8, 4) is 0 Å². The molecule has 1 fully saturated rings. The molecule has 1 unspecified atom stereocenters. The van der Waals surface area contributed by atoms with E-state index in [1.807, 2.05) is 0 Å². The molecular formula is C15H31NO. The van der Waals surface area contributed by atoms with Gasteiger partial charge in [-0.15, -0.1) is 0 Å². The Morgan fingerprint density at radius 2 is 1.65 bits per heavy atom. The van der Waals surface area contributed by atoms with Gasteiger partial charge in [0, 0.05) is 12.6 Å². The summed E-state index contributed by atoms with van der Waals surface area (Å²) in [5.74, 6) is 2.35. The zero-order valence-electron chi connectivity index (χ0n) is 12.1. The molecule has 0 aromatic carbocycles. The fourth-order valence-electron chi connectivity index (χ4n) is 2.92. The zero-order valence-corrected chi connectivity index (χ0v) is 12.1. The van der Waals surface area contributed by atoms with E-state index in [0.717, 1.165) is 24.8 Å². The van der Waals surface area contributed by atoms with E-state index in [4.69, 9.17) is 0 Å². The molecule has 0 spiro atoms. The summed E-state index contributed by atoms with van der Waals surface area (Å²) >= 11 is 0. The highest BCUT2D eigenvalue weighted by atomic mass is 16.3. The number of rotatable bonds is 6. The van der Waals surface area contributed by atoms with Crippen LogP contribution in [-0.2, 0) is 0 Å². The van der Waals surface area contributed by atoms with E-state index in [1.54, 1.807) is 0 Å². The van der Waals surface area contributed by atoms with Crippen molar-refractivity contribution in [2.24, 2.45) is 17.8 Å². The lowest BCUT2D eigenvalue weighted by atomic mass is 9.79. The van der Waals surface area contributed by atoms with E-state index in [-0.39, 0.29) is 6.10 Å². The molecular weight excluding hydrogens is 210 g/mol. The molecule has 0 saturated heterocycles. The van der Waals surface area contributed by atoms with E-state index in [1.165, 1.54) is 25.7 Å². The van der Waals surface area contributed by atoms with Crippen molar-refractivity contribution in [2.75, 3.05) is 6.54 Å². The molecule has 17 heavy (non-hydrogen) atoms. The third kappa shape index (κ3) is 5.87. The Balaban J connectivity index is 2.14. The number of hydrogen-bond acceptors (Lipinski definition) is 2. The van der Waals surface area contributed by atoms with Gasteiger partial charge >= 0.3 is 0 Å². The minimum Gasteiger partial charge on any atom is -0.392 e. The molecule has 1 aliphatic rings. The van der Waals surface area contributed by atoms with Crippen LogP contribution in [0.1, 0.15) is 59.8 Å². The Labute approximate surface area is 107 Å².